The number of hydrogen-bond donors (Lipinski definition) is 1. The van der Waals surface area contributed by atoms with Gasteiger partial charge >= 0.3 is 5.97 Å². The lowest BCUT2D eigenvalue weighted by molar-refractivity contribution is -0.145. The van der Waals surface area contributed by atoms with Crippen LogP contribution in [0.1, 0.15) is 60.4 Å². The third-order valence-electron chi connectivity index (χ3n) is 5.38. The topological polar surface area (TPSA) is 79.7 Å². The Morgan fingerprint density at radius 2 is 1.88 bits per heavy atom. The number of ether oxygens (including phenoxy) is 1. The van der Waals surface area contributed by atoms with Gasteiger partial charge in [0.05, 0.1) is 22.7 Å². The number of carboxylic acid groups (broad SMARTS) is 1. The quantitative estimate of drug-likeness (QED) is 0.872. The van der Waals surface area contributed by atoms with E-state index in [1.54, 1.807) is 0 Å². The number of aromatic nitrogens is 1. The minimum Gasteiger partial charge on any atom is -0.481 e. The summed E-state index contributed by atoms with van der Waals surface area (Å²) < 4.78 is 5.71. The van der Waals surface area contributed by atoms with E-state index in [1.165, 1.54) is 11.3 Å². The lowest BCUT2D eigenvalue weighted by Gasteiger charge is -2.35. The Labute approximate surface area is 158 Å². The summed E-state index contributed by atoms with van der Waals surface area (Å²) in [6.45, 7) is 10.0. The molecule has 3 rings (SSSR count). The summed E-state index contributed by atoms with van der Waals surface area (Å²) in [5, 5.41) is 10.3. The van der Waals surface area contributed by atoms with E-state index in [-0.39, 0.29) is 23.3 Å². The molecule has 0 aromatic carbocycles. The van der Waals surface area contributed by atoms with Crippen molar-refractivity contribution in [2.75, 3.05) is 19.7 Å². The van der Waals surface area contributed by atoms with Gasteiger partial charge in [0.2, 0.25) is 0 Å². The smallest absolute Gasteiger partial charge is 0.309 e. The zero-order valence-corrected chi connectivity index (χ0v) is 16.8. The Balaban J connectivity index is 1.64. The Kier molecular flexibility index (Phi) is 5.40. The van der Waals surface area contributed by atoms with E-state index >= 15 is 0 Å². The molecule has 26 heavy (non-hydrogen) atoms. The summed E-state index contributed by atoms with van der Waals surface area (Å²) >= 11 is 1.49. The average molecular weight is 381 g/mol. The molecule has 0 spiro atoms. The first-order valence-electron chi connectivity index (χ1n) is 9.30. The number of aryl methyl sites for hydroxylation is 1. The van der Waals surface area contributed by atoms with Crippen LogP contribution in [0, 0.1) is 18.8 Å². The molecular weight excluding hydrogens is 352 g/mol. The van der Waals surface area contributed by atoms with Crippen LogP contribution in [-0.2, 0) is 14.9 Å². The number of carboxylic acids is 1. The summed E-state index contributed by atoms with van der Waals surface area (Å²) in [6.07, 6.45) is 1.98. The summed E-state index contributed by atoms with van der Waals surface area (Å²) in [6, 6.07) is 0. The van der Waals surface area contributed by atoms with Crippen LogP contribution in [0.15, 0.2) is 0 Å². The predicted molar refractivity (Wildman–Crippen MR) is 99.7 cm³/mol. The van der Waals surface area contributed by atoms with Crippen molar-refractivity contribution in [2.45, 2.75) is 58.5 Å². The molecule has 2 aliphatic heterocycles. The van der Waals surface area contributed by atoms with Gasteiger partial charge in [0.1, 0.15) is 4.88 Å². The van der Waals surface area contributed by atoms with E-state index in [9.17, 15) is 14.7 Å². The minimum atomic E-state index is -0.763. The number of piperidine rings is 1. The monoisotopic (exact) mass is 380 g/mol. The lowest BCUT2D eigenvalue weighted by Crippen LogP contribution is -2.43. The van der Waals surface area contributed by atoms with Crippen LogP contribution in [0.2, 0.25) is 0 Å². The highest BCUT2D eigenvalue weighted by Crippen LogP contribution is 2.35. The molecular formula is C19H28N2O4S. The van der Waals surface area contributed by atoms with E-state index in [0.717, 1.165) is 28.4 Å². The van der Waals surface area contributed by atoms with Crippen LogP contribution >= 0.6 is 11.3 Å². The number of amides is 1. The molecule has 1 unspecified atom stereocenters. The second-order valence-electron chi connectivity index (χ2n) is 8.38. The molecule has 2 aliphatic rings. The van der Waals surface area contributed by atoms with E-state index in [2.05, 4.69) is 25.8 Å². The van der Waals surface area contributed by atoms with E-state index < -0.39 is 11.9 Å². The molecule has 3 heterocycles. The molecule has 0 bridgehead atoms. The van der Waals surface area contributed by atoms with Crippen molar-refractivity contribution in [3.63, 3.8) is 0 Å². The molecule has 1 aromatic heterocycles. The molecule has 1 amide bonds. The third kappa shape index (κ3) is 3.78. The molecule has 1 aromatic rings. The average Bonchev–Trinajstić information content (AvgIpc) is 3.20. The number of carbonyl (C=O) groups is 2. The number of thiazole rings is 1. The van der Waals surface area contributed by atoms with Crippen molar-refractivity contribution in [2.24, 2.45) is 11.8 Å². The first kappa shape index (κ1) is 19.3. The molecule has 2 saturated heterocycles. The first-order valence-corrected chi connectivity index (χ1v) is 10.1. The summed E-state index contributed by atoms with van der Waals surface area (Å²) in [4.78, 5) is 31.5. The molecule has 6 nitrogen and oxygen atoms in total. The van der Waals surface area contributed by atoms with Crippen LogP contribution < -0.4 is 0 Å². The van der Waals surface area contributed by atoms with Crippen LogP contribution in [0.4, 0.5) is 0 Å². The van der Waals surface area contributed by atoms with E-state index in [1.807, 2.05) is 11.8 Å². The van der Waals surface area contributed by atoms with Crippen LogP contribution in [0.3, 0.4) is 0 Å². The van der Waals surface area contributed by atoms with Gasteiger partial charge in [0.15, 0.2) is 0 Å². The first-order chi connectivity index (χ1) is 12.2. The van der Waals surface area contributed by atoms with Gasteiger partial charge < -0.3 is 14.7 Å². The fourth-order valence-electron chi connectivity index (χ4n) is 3.83. The van der Waals surface area contributed by atoms with Crippen molar-refractivity contribution in [3.05, 3.63) is 15.6 Å². The number of aliphatic carboxylic acids is 1. The zero-order chi connectivity index (χ0) is 19.1. The third-order valence-corrected chi connectivity index (χ3v) is 6.95. The summed E-state index contributed by atoms with van der Waals surface area (Å²) in [5.74, 6) is -0.896. The van der Waals surface area contributed by atoms with Crippen LogP contribution in [-0.4, -0.2) is 52.7 Å². The second-order valence-corrected chi connectivity index (χ2v) is 9.38. The summed E-state index contributed by atoms with van der Waals surface area (Å²) in [5.41, 5.74) is 0.740. The maximum absolute atomic E-state index is 12.9. The van der Waals surface area contributed by atoms with Crippen molar-refractivity contribution in [3.8, 4) is 0 Å². The standard InChI is InChI=1S/C19H28N2O4S/c1-11-15(26-18(20-11)19(2,3)4)16(22)21-8-5-12(6-9-21)14-13(17(23)24)7-10-25-14/h12-14H,5-10H2,1-4H3,(H,23,24)/t13?,14-/m0/s1. The van der Waals surface area contributed by atoms with Gasteiger partial charge in [-0.15, -0.1) is 11.3 Å². The second kappa shape index (κ2) is 7.27. The summed E-state index contributed by atoms with van der Waals surface area (Å²) in [7, 11) is 0. The lowest BCUT2D eigenvalue weighted by atomic mass is 9.84. The van der Waals surface area contributed by atoms with Crippen molar-refractivity contribution >= 4 is 23.2 Å². The molecule has 1 N–H and O–H groups in total. The Morgan fingerprint density at radius 3 is 2.42 bits per heavy atom. The fourth-order valence-corrected chi connectivity index (χ4v) is 4.92. The normalized spacial score (nSPS) is 24.8. The fraction of sp³-hybridized carbons (Fsp3) is 0.737. The SMILES string of the molecule is Cc1nc(C(C)(C)C)sc1C(=O)N1CCC([C@@H]2OCCC2C(=O)O)CC1. The number of hydrogen-bond acceptors (Lipinski definition) is 5. The predicted octanol–water partition coefficient (Wildman–Crippen LogP) is 3.09. The Hall–Kier alpha value is -1.47. The molecule has 2 atom stereocenters. The molecule has 2 fully saturated rings. The highest BCUT2D eigenvalue weighted by Gasteiger charge is 2.41. The van der Waals surface area contributed by atoms with Gasteiger partial charge in [-0.05, 0) is 32.1 Å². The largest absolute Gasteiger partial charge is 0.481 e. The zero-order valence-electron chi connectivity index (χ0n) is 15.9. The molecule has 0 saturated carbocycles. The molecule has 7 heteroatoms. The number of carbonyl (C=O) groups excluding carboxylic acids is 1. The maximum Gasteiger partial charge on any atom is 0.309 e. The number of likely N-dealkylation sites (tertiary alicyclic amines) is 1. The molecule has 0 aliphatic carbocycles. The van der Waals surface area contributed by atoms with E-state index in [4.69, 9.17) is 4.74 Å². The minimum absolute atomic E-state index is 0.0519. The number of rotatable bonds is 3. The highest BCUT2D eigenvalue weighted by atomic mass is 32.1. The van der Waals surface area contributed by atoms with Crippen molar-refractivity contribution in [1.82, 2.24) is 9.88 Å². The highest BCUT2D eigenvalue weighted by molar-refractivity contribution is 7.14. The van der Waals surface area contributed by atoms with Gasteiger partial charge in [0, 0.05) is 25.1 Å². The van der Waals surface area contributed by atoms with Crippen LogP contribution in [0.25, 0.3) is 0 Å². The molecule has 144 valence electrons. The van der Waals surface area contributed by atoms with Gasteiger partial charge in [-0.25, -0.2) is 4.98 Å². The molecule has 0 radical (unpaired) electrons. The number of nitrogens with zero attached hydrogens (tertiary/aromatic N) is 2. The maximum atomic E-state index is 12.9. The van der Waals surface area contributed by atoms with Crippen LogP contribution in [0.5, 0.6) is 0 Å². The van der Waals surface area contributed by atoms with Gasteiger partial charge in [-0.1, -0.05) is 20.8 Å². The Morgan fingerprint density at radius 1 is 1.23 bits per heavy atom. The van der Waals surface area contributed by atoms with Gasteiger partial charge in [-0.2, -0.15) is 0 Å². The van der Waals surface area contributed by atoms with Gasteiger partial charge in [0.25, 0.3) is 5.91 Å². The van der Waals surface area contributed by atoms with E-state index in [0.29, 0.717) is 26.1 Å². The van der Waals surface area contributed by atoms with Gasteiger partial charge in [-0.3, -0.25) is 9.59 Å². The van der Waals surface area contributed by atoms with Crippen molar-refractivity contribution in [1.29, 1.82) is 0 Å². The Bertz CT molecular complexity index is 686. The van der Waals surface area contributed by atoms with Crippen molar-refractivity contribution < 1.29 is 19.4 Å².